The Hall–Kier alpha value is -1.46. The number of hydrogen-bond acceptors (Lipinski definition) is 4. The predicted octanol–water partition coefficient (Wildman–Crippen LogP) is 1.23. The molecule has 2 rings (SSSR count). The van der Waals surface area contributed by atoms with Crippen LogP contribution in [0.3, 0.4) is 0 Å². The van der Waals surface area contributed by atoms with E-state index in [9.17, 15) is 4.79 Å². The van der Waals surface area contributed by atoms with E-state index in [0.29, 0.717) is 11.9 Å². The standard InChI is InChI=1S/C11H13N3OS/c1-2-4-12-5-6-14-8-13-10-9(11(14)15)3-7-16-10/h2-3,7-8,12H,1,4-6H2. The third-order valence-electron chi connectivity index (χ3n) is 2.27. The third kappa shape index (κ3) is 2.20. The van der Waals surface area contributed by atoms with Crippen molar-refractivity contribution >= 4 is 21.6 Å². The molecule has 4 nitrogen and oxygen atoms in total. The maximum absolute atomic E-state index is 11.9. The third-order valence-corrected chi connectivity index (χ3v) is 3.09. The Kier molecular flexibility index (Phi) is 3.48. The average molecular weight is 235 g/mol. The van der Waals surface area contributed by atoms with Crippen molar-refractivity contribution in [3.63, 3.8) is 0 Å². The van der Waals surface area contributed by atoms with Crippen molar-refractivity contribution in [3.8, 4) is 0 Å². The van der Waals surface area contributed by atoms with Crippen molar-refractivity contribution in [2.45, 2.75) is 6.54 Å². The molecule has 0 amide bonds. The Bertz CT molecular complexity index is 543. The molecule has 0 unspecified atom stereocenters. The zero-order valence-electron chi connectivity index (χ0n) is 8.85. The molecule has 0 aliphatic carbocycles. The lowest BCUT2D eigenvalue weighted by Gasteiger charge is -2.05. The largest absolute Gasteiger partial charge is 0.312 e. The van der Waals surface area contributed by atoms with Crippen LogP contribution in [0.4, 0.5) is 0 Å². The molecule has 0 atom stereocenters. The Labute approximate surface area is 97.2 Å². The smallest absolute Gasteiger partial charge is 0.262 e. The number of hydrogen-bond donors (Lipinski definition) is 1. The molecule has 0 saturated heterocycles. The normalized spacial score (nSPS) is 10.8. The van der Waals surface area contributed by atoms with Crippen LogP contribution in [0, 0.1) is 0 Å². The first kappa shape index (κ1) is 11.0. The lowest BCUT2D eigenvalue weighted by molar-refractivity contribution is 0.606. The van der Waals surface area contributed by atoms with Crippen molar-refractivity contribution < 1.29 is 0 Å². The molecule has 0 radical (unpaired) electrons. The fraction of sp³-hybridized carbons (Fsp3) is 0.273. The first-order chi connectivity index (χ1) is 7.83. The molecule has 2 heterocycles. The fourth-order valence-electron chi connectivity index (χ4n) is 1.46. The van der Waals surface area contributed by atoms with Crippen LogP contribution >= 0.6 is 11.3 Å². The Balaban J connectivity index is 2.15. The van der Waals surface area contributed by atoms with Crippen LogP contribution in [0.15, 0.2) is 35.2 Å². The van der Waals surface area contributed by atoms with Crippen LogP contribution in [0.25, 0.3) is 10.2 Å². The van der Waals surface area contributed by atoms with E-state index in [-0.39, 0.29) is 5.56 Å². The first-order valence-corrected chi connectivity index (χ1v) is 5.95. The van der Waals surface area contributed by atoms with E-state index >= 15 is 0 Å². The van der Waals surface area contributed by atoms with E-state index in [1.807, 2.05) is 11.4 Å². The van der Waals surface area contributed by atoms with E-state index in [1.54, 1.807) is 17.0 Å². The minimum absolute atomic E-state index is 0.0339. The summed E-state index contributed by atoms with van der Waals surface area (Å²) in [4.78, 5) is 17.0. The summed E-state index contributed by atoms with van der Waals surface area (Å²) in [6.07, 6.45) is 3.40. The highest BCUT2D eigenvalue weighted by atomic mass is 32.1. The van der Waals surface area contributed by atoms with Gasteiger partial charge >= 0.3 is 0 Å². The van der Waals surface area contributed by atoms with Gasteiger partial charge in [-0.15, -0.1) is 17.9 Å². The van der Waals surface area contributed by atoms with E-state index in [4.69, 9.17) is 0 Å². The summed E-state index contributed by atoms with van der Waals surface area (Å²) in [6, 6.07) is 1.82. The SMILES string of the molecule is C=CCNCCn1cnc2sccc2c1=O. The first-order valence-electron chi connectivity index (χ1n) is 5.07. The minimum atomic E-state index is 0.0339. The predicted molar refractivity (Wildman–Crippen MR) is 66.9 cm³/mol. The molecule has 0 spiro atoms. The van der Waals surface area contributed by atoms with Crippen molar-refractivity contribution in [2.24, 2.45) is 0 Å². The number of nitrogens with one attached hydrogen (secondary N) is 1. The van der Waals surface area contributed by atoms with Gasteiger partial charge in [0.25, 0.3) is 5.56 Å². The Morgan fingerprint density at radius 3 is 3.31 bits per heavy atom. The maximum Gasteiger partial charge on any atom is 0.262 e. The maximum atomic E-state index is 11.9. The van der Waals surface area contributed by atoms with Crippen LogP contribution in [0.1, 0.15) is 0 Å². The summed E-state index contributed by atoms with van der Waals surface area (Å²) in [5.74, 6) is 0. The van der Waals surface area contributed by atoms with Gasteiger partial charge in [-0.05, 0) is 11.4 Å². The number of aromatic nitrogens is 2. The van der Waals surface area contributed by atoms with Crippen molar-refractivity contribution in [1.82, 2.24) is 14.9 Å². The van der Waals surface area contributed by atoms with Gasteiger partial charge in [-0.25, -0.2) is 4.98 Å². The number of fused-ring (bicyclic) bond motifs is 1. The summed E-state index contributed by atoms with van der Waals surface area (Å²) in [7, 11) is 0. The van der Waals surface area contributed by atoms with Crippen LogP contribution in [0.2, 0.25) is 0 Å². The van der Waals surface area contributed by atoms with Gasteiger partial charge < -0.3 is 5.32 Å². The van der Waals surface area contributed by atoms with Gasteiger partial charge in [0.15, 0.2) is 0 Å². The molecule has 16 heavy (non-hydrogen) atoms. The highest BCUT2D eigenvalue weighted by molar-refractivity contribution is 7.16. The molecule has 0 aromatic carbocycles. The highest BCUT2D eigenvalue weighted by Crippen LogP contribution is 2.12. The molecule has 0 bridgehead atoms. The van der Waals surface area contributed by atoms with Crippen molar-refractivity contribution in [1.29, 1.82) is 0 Å². The summed E-state index contributed by atoms with van der Waals surface area (Å²) in [5.41, 5.74) is 0.0339. The lowest BCUT2D eigenvalue weighted by atomic mass is 10.4. The second-order valence-electron chi connectivity index (χ2n) is 3.38. The number of rotatable bonds is 5. The van der Waals surface area contributed by atoms with E-state index in [2.05, 4.69) is 16.9 Å². The molecule has 0 saturated carbocycles. The van der Waals surface area contributed by atoms with E-state index < -0.39 is 0 Å². The van der Waals surface area contributed by atoms with Crippen LogP contribution in [-0.2, 0) is 6.54 Å². The average Bonchev–Trinajstić information content (AvgIpc) is 2.76. The summed E-state index contributed by atoms with van der Waals surface area (Å²) >= 11 is 1.49. The molecule has 2 aromatic heterocycles. The Morgan fingerprint density at radius 1 is 1.62 bits per heavy atom. The lowest BCUT2D eigenvalue weighted by Crippen LogP contribution is -2.27. The van der Waals surface area contributed by atoms with Crippen LogP contribution < -0.4 is 10.9 Å². The quantitative estimate of drug-likeness (QED) is 0.626. The zero-order valence-corrected chi connectivity index (χ0v) is 9.67. The molecule has 5 heteroatoms. The van der Waals surface area contributed by atoms with Crippen LogP contribution in [-0.4, -0.2) is 22.6 Å². The molecule has 1 N–H and O–H groups in total. The van der Waals surface area contributed by atoms with Gasteiger partial charge in [-0.2, -0.15) is 0 Å². The van der Waals surface area contributed by atoms with Crippen LogP contribution in [0.5, 0.6) is 0 Å². The van der Waals surface area contributed by atoms with Gasteiger partial charge in [0, 0.05) is 19.6 Å². The molecular weight excluding hydrogens is 222 g/mol. The molecule has 84 valence electrons. The van der Waals surface area contributed by atoms with Gasteiger partial charge in [-0.1, -0.05) is 6.08 Å². The highest BCUT2D eigenvalue weighted by Gasteiger charge is 2.03. The monoisotopic (exact) mass is 235 g/mol. The van der Waals surface area contributed by atoms with Gasteiger partial charge in [0.2, 0.25) is 0 Å². The second-order valence-corrected chi connectivity index (χ2v) is 4.27. The molecular formula is C11H13N3OS. The number of thiophene rings is 1. The van der Waals surface area contributed by atoms with Crippen molar-refractivity contribution in [3.05, 3.63) is 40.8 Å². The zero-order chi connectivity index (χ0) is 11.4. The summed E-state index contributed by atoms with van der Waals surface area (Å²) < 4.78 is 1.63. The van der Waals surface area contributed by atoms with Crippen molar-refractivity contribution in [2.75, 3.05) is 13.1 Å². The molecule has 0 aliphatic heterocycles. The topological polar surface area (TPSA) is 46.9 Å². The van der Waals surface area contributed by atoms with Gasteiger partial charge in [-0.3, -0.25) is 9.36 Å². The molecule has 0 aliphatic rings. The minimum Gasteiger partial charge on any atom is -0.312 e. The second kappa shape index (κ2) is 5.05. The van der Waals surface area contributed by atoms with E-state index in [1.165, 1.54) is 11.3 Å². The summed E-state index contributed by atoms with van der Waals surface area (Å²) in [6.45, 7) is 5.74. The Morgan fingerprint density at radius 2 is 2.50 bits per heavy atom. The summed E-state index contributed by atoms with van der Waals surface area (Å²) in [5, 5.41) is 5.74. The fourth-order valence-corrected chi connectivity index (χ4v) is 2.18. The number of nitrogens with zero attached hydrogens (tertiary/aromatic N) is 2. The van der Waals surface area contributed by atoms with Gasteiger partial charge in [0.1, 0.15) is 4.83 Å². The van der Waals surface area contributed by atoms with E-state index in [0.717, 1.165) is 17.9 Å². The molecule has 0 fully saturated rings. The van der Waals surface area contributed by atoms with Gasteiger partial charge in [0.05, 0.1) is 11.7 Å². The molecule has 2 aromatic rings.